The second kappa shape index (κ2) is 6.28. The predicted molar refractivity (Wildman–Crippen MR) is 97.4 cm³/mol. The predicted octanol–water partition coefficient (Wildman–Crippen LogP) is 6.15. The Morgan fingerprint density at radius 3 is 2.65 bits per heavy atom. The van der Waals surface area contributed by atoms with Crippen LogP contribution < -0.4 is 0 Å². The number of fused-ring (bicyclic) bond motifs is 2. The fraction of sp³-hybridized carbons (Fsp3) is 0.545. The standard InChI is InChI=1S/C22H30O/c1-15(2)12-13-22(5)19-11-8-17(4)20(14-19)21(23-22)18-9-6-16(3)7-10-18/h6-7,9-10,12,19-21H,4,8,11,13-14H2,1-3,5H3/t19-,20+,21-,22-/m1/s1. The second-order valence-corrected chi connectivity index (χ2v) is 7.98. The molecule has 0 N–H and O–H groups in total. The van der Waals surface area contributed by atoms with Gasteiger partial charge in [-0.2, -0.15) is 0 Å². The maximum Gasteiger partial charge on any atom is 0.0897 e. The summed E-state index contributed by atoms with van der Waals surface area (Å²) in [5.41, 5.74) is 5.33. The van der Waals surface area contributed by atoms with E-state index >= 15 is 0 Å². The highest BCUT2D eigenvalue weighted by atomic mass is 16.5. The van der Waals surface area contributed by atoms with Crippen molar-refractivity contribution in [2.24, 2.45) is 11.8 Å². The number of ether oxygens (including phenoxy) is 1. The van der Waals surface area contributed by atoms with E-state index in [0.29, 0.717) is 11.8 Å². The molecule has 0 aromatic heterocycles. The molecule has 1 heteroatoms. The normalized spacial score (nSPS) is 33.4. The van der Waals surface area contributed by atoms with Gasteiger partial charge in [0, 0.05) is 5.92 Å². The molecule has 1 saturated carbocycles. The molecule has 2 fully saturated rings. The molecule has 0 unspecified atom stereocenters. The van der Waals surface area contributed by atoms with Crippen LogP contribution in [0.4, 0.5) is 0 Å². The Morgan fingerprint density at radius 2 is 2.00 bits per heavy atom. The highest BCUT2D eigenvalue weighted by Gasteiger charge is 2.48. The van der Waals surface area contributed by atoms with Gasteiger partial charge < -0.3 is 4.74 Å². The van der Waals surface area contributed by atoms with Crippen LogP contribution in [-0.2, 0) is 4.74 Å². The number of aryl methyl sites for hydroxylation is 1. The molecule has 4 atom stereocenters. The number of rotatable bonds is 3. The molecule has 0 amide bonds. The molecule has 2 bridgehead atoms. The van der Waals surface area contributed by atoms with Gasteiger partial charge in [0.05, 0.1) is 11.7 Å². The molecule has 1 heterocycles. The van der Waals surface area contributed by atoms with Gasteiger partial charge in [-0.05, 0) is 64.9 Å². The molecule has 0 radical (unpaired) electrons. The van der Waals surface area contributed by atoms with E-state index in [4.69, 9.17) is 4.74 Å². The molecule has 1 nitrogen and oxygen atoms in total. The molecule has 0 spiro atoms. The zero-order chi connectivity index (χ0) is 16.6. The third kappa shape index (κ3) is 3.30. The van der Waals surface area contributed by atoms with Crippen molar-refractivity contribution in [3.05, 3.63) is 59.2 Å². The third-order valence-electron chi connectivity index (χ3n) is 5.82. The zero-order valence-corrected chi connectivity index (χ0v) is 15.1. The Bertz CT molecular complexity index is 605. The number of hydrogen-bond acceptors (Lipinski definition) is 1. The van der Waals surface area contributed by atoms with E-state index in [-0.39, 0.29) is 11.7 Å². The summed E-state index contributed by atoms with van der Waals surface area (Å²) in [6.07, 6.45) is 7.13. The summed E-state index contributed by atoms with van der Waals surface area (Å²) in [5, 5.41) is 0. The molecule has 1 saturated heterocycles. The first kappa shape index (κ1) is 16.5. The Labute approximate surface area is 141 Å². The minimum Gasteiger partial charge on any atom is -0.366 e. The van der Waals surface area contributed by atoms with Gasteiger partial charge in [0.25, 0.3) is 0 Å². The van der Waals surface area contributed by atoms with Crippen molar-refractivity contribution in [3.63, 3.8) is 0 Å². The van der Waals surface area contributed by atoms with Crippen molar-refractivity contribution in [1.82, 2.24) is 0 Å². The van der Waals surface area contributed by atoms with Gasteiger partial charge >= 0.3 is 0 Å². The van der Waals surface area contributed by atoms with E-state index in [1.54, 1.807) is 0 Å². The number of benzene rings is 1. The van der Waals surface area contributed by atoms with Gasteiger partial charge in [-0.15, -0.1) is 0 Å². The highest BCUT2D eigenvalue weighted by Crippen LogP contribution is 2.53. The molecule has 23 heavy (non-hydrogen) atoms. The highest BCUT2D eigenvalue weighted by molar-refractivity contribution is 5.28. The van der Waals surface area contributed by atoms with E-state index in [0.717, 1.165) is 12.8 Å². The van der Waals surface area contributed by atoms with Crippen LogP contribution in [0.2, 0.25) is 0 Å². The first-order chi connectivity index (χ1) is 10.9. The van der Waals surface area contributed by atoms with Crippen LogP contribution in [0.25, 0.3) is 0 Å². The van der Waals surface area contributed by atoms with Crippen molar-refractivity contribution in [3.8, 4) is 0 Å². The van der Waals surface area contributed by atoms with Crippen molar-refractivity contribution < 1.29 is 4.74 Å². The first-order valence-corrected chi connectivity index (χ1v) is 8.94. The molecule has 124 valence electrons. The van der Waals surface area contributed by atoms with Crippen LogP contribution in [0.3, 0.4) is 0 Å². The minimum absolute atomic E-state index is 0.0516. The summed E-state index contributed by atoms with van der Waals surface area (Å²) >= 11 is 0. The summed E-state index contributed by atoms with van der Waals surface area (Å²) in [6, 6.07) is 8.88. The Balaban J connectivity index is 1.92. The minimum atomic E-state index is -0.0516. The van der Waals surface area contributed by atoms with Crippen LogP contribution in [0.15, 0.2) is 48.1 Å². The van der Waals surface area contributed by atoms with Gasteiger partial charge in [-0.1, -0.05) is 53.6 Å². The van der Waals surface area contributed by atoms with E-state index in [1.165, 1.54) is 35.1 Å². The topological polar surface area (TPSA) is 9.23 Å². The Hall–Kier alpha value is -1.34. The molecule has 1 aliphatic heterocycles. The average Bonchev–Trinajstić information content (AvgIpc) is 2.52. The molecule has 3 rings (SSSR count). The molecular formula is C22H30O. The lowest BCUT2D eigenvalue weighted by molar-refractivity contribution is -0.181. The van der Waals surface area contributed by atoms with E-state index < -0.39 is 0 Å². The van der Waals surface area contributed by atoms with Gasteiger partial charge in [-0.25, -0.2) is 0 Å². The summed E-state index contributed by atoms with van der Waals surface area (Å²) < 4.78 is 6.78. The summed E-state index contributed by atoms with van der Waals surface area (Å²) in [7, 11) is 0. The molecule has 1 aromatic rings. The maximum absolute atomic E-state index is 6.78. The molecular weight excluding hydrogens is 280 g/mol. The quantitative estimate of drug-likeness (QED) is 0.608. The van der Waals surface area contributed by atoms with E-state index in [9.17, 15) is 0 Å². The van der Waals surface area contributed by atoms with E-state index in [2.05, 4.69) is 64.6 Å². The van der Waals surface area contributed by atoms with Crippen LogP contribution in [0, 0.1) is 18.8 Å². The lowest BCUT2D eigenvalue weighted by Crippen LogP contribution is -2.48. The third-order valence-corrected chi connectivity index (χ3v) is 5.82. The zero-order valence-electron chi connectivity index (χ0n) is 15.1. The smallest absolute Gasteiger partial charge is 0.0897 e. The number of allylic oxidation sites excluding steroid dienone is 1. The lowest BCUT2D eigenvalue weighted by Gasteiger charge is -2.52. The van der Waals surface area contributed by atoms with Crippen LogP contribution in [0.1, 0.15) is 63.7 Å². The molecule has 1 aromatic carbocycles. The summed E-state index contributed by atoms with van der Waals surface area (Å²) in [5.74, 6) is 1.13. The van der Waals surface area contributed by atoms with Crippen LogP contribution in [0.5, 0.6) is 0 Å². The lowest BCUT2D eigenvalue weighted by atomic mass is 9.65. The van der Waals surface area contributed by atoms with E-state index in [1.807, 2.05) is 0 Å². The van der Waals surface area contributed by atoms with Gasteiger partial charge in [0.2, 0.25) is 0 Å². The fourth-order valence-corrected chi connectivity index (χ4v) is 4.17. The Kier molecular flexibility index (Phi) is 4.51. The SMILES string of the molecule is C=C1CC[C@@H]2C[C@@H]1[C@@H](c1ccc(C)cc1)O[C@]2(C)CC=C(C)C. The maximum atomic E-state index is 6.78. The van der Waals surface area contributed by atoms with Crippen molar-refractivity contribution >= 4 is 0 Å². The van der Waals surface area contributed by atoms with Crippen LogP contribution >= 0.6 is 0 Å². The van der Waals surface area contributed by atoms with Gasteiger partial charge in [0.15, 0.2) is 0 Å². The number of hydrogen-bond donors (Lipinski definition) is 0. The Morgan fingerprint density at radius 1 is 1.30 bits per heavy atom. The molecule has 2 aliphatic rings. The van der Waals surface area contributed by atoms with Crippen LogP contribution in [-0.4, -0.2) is 5.60 Å². The summed E-state index contributed by atoms with van der Waals surface area (Å²) in [6.45, 7) is 13.2. The monoisotopic (exact) mass is 310 g/mol. The first-order valence-electron chi connectivity index (χ1n) is 8.94. The fourth-order valence-electron chi connectivity index (χ4n) is 4.17. The second-order valence-electron chi connectivity index (χ2n) is 7.98. The average molecular weight is 310 g/mol. The van der Waals surface area contributed by atoms with Crippen molar-refractivity contribution in [2.75, 3.05) is 0 Å². The van der Waals surface area contributed by atoms with Crippen molar-refractivity contribution in [1.29, 1.82) is 0 Å². The van der Waals surface area contributed by atoms with Gasteiger partial charge in [0.1, 0.15) is 0 Å². The largest absolute Gasteiger partial charge is 0.366 e. The van der Waals surface area contributed by atoms with Gasteiger partial charge in [-0.3, -0.25) is 0 Å². The van der Waals surface area contributed by atoms with Crippen molar-refractivity contribution in [2.45, 2.75) is 65.1 Å². The molecule has 1 aliphatic carbocycles. The summed E-state index contributed by atoms with van der Waals surface area (Å²) in [4.78, 5) is 0.